The molecule has 0 fully saturated rings. The second kappa shape index (κ2) is 11.4. The Morgan fingerprint density at radius 2 is 0.727 bits per heavy atom. The molecule has 0 bridgehead atoms. The lowest BCUT2D eigenvalue weighted by atomic mass is 10.3. The summed E-state index contributed by atoms with van der Waals surface area (Å²) in [4.78, 5) is 8.89. The molecule has 7 heteroatoms. The summed E-state index contributed by atoms with van der Waals surface area (Å²) >= 11 is 27.3. The molecule has 168 valence electrons. The van der Waals surface area contributed by atoms with E-state index in [1.807, 2.05) is 97.1 Å². The molecule has 0 saturated heterocycles. The van der Waals surface area contributed by atoms with Crippen molar-refractivity contribution in [3.8, 4) is 0 Å². The van der Waals surface area contributed by atoms with Gasteiger partial charge in [0, 0.05) is 5.97 Å². The van der Waals surface area contributed by atoms with Gasteiger partial charge in [-0.25, -0.2) is 0 Å². The number of rotatable bonds is 4. The fourth-order valence-electron chi connectivity index (χ4n) is 3.67. The first kappa shape index (κ1) is 25.6. The van der Waals surface area contributed by atoms with Crippen molar-refractivity contribution in [1.82, 2.24) is 0 Å². The van der Waals surface area contributed by atoms with E-state index < -0.39 is 13.2 Å². The van der Waals surface area contributed by atoms with Crippen molar-refractivity contribution in [3.63, 3.8) is 0 Å². The first-order valence-electron chi connectivity index (χ1n) is 9.87. The van der Waals surface area contributed by atoms with E-state index >= 15 is 0 Å². The van der Waals surface area contributed by atoms with Crippen molar-refractivity contribution < 1.29 is 9.90 Å². The molecule has 4 aromatic rings. The zero-order valence-electron chi connectivity index (χ0n) is 17.5. The van der Waals surface area contributed by atoms with Gasteiger partial charge in [-0.3, -0.25) is 0 Å². The van der Waals surface area contributed by atoms with E-state index in [4.69, 9.17) is 56.3 Å². The molecule has 0 aromatic heterocycles. The molecule has 4 aromatic carbocycles. The second-order valence-corrected chi connectivity index (χ2v) is 11.9. The molecule has 2 nitrogen and oxygen atoms in total. The zero-order valence-corrected chi connectivity index (χ0v) is 21.4. The molecule has 0 aliphatic rings. The summed E-state index contributed by atoms with van der Waals surface area (Å²) in [7, 11) is -2.58. The summed E-state index contributed by atoms with van der Waals surface area (Å²) in [5, 5.41) is 15.4. The number of carbonyl (C=O) groups is 1. The van der Waals surface area contributed by atoms with Crippen LogP contribution in [0.2, 0.25) is 20.1 Å². The molecule has 0 spiro atoms. The minimum absolute atomic E-state index is 0.653. The Kier molecular flexibility index (Phi) is 8.82. The maximum Gasteiger partial charge on any atom is 0.150 e. The van der Waals surface area contributed by atoms with Gasteiger partial charge in [-0.1, -0.05) is 94.9 Å². The van der Waals surface area contributed by atoms with Crippen molar-refractivity contribution in [2.75, 3.05) is 0 Å². The van der Waals surface area contributed by atoms with Crippen LogP contribution in [0.15, 0.2) is 97.1 Å². The van der Waals surface area contributed by atoms with E-state index in [0.717, 1.165) is 28.1 Å². The lowest BCUT2D eigenvalue weighted by Crippen LogP contribution is -2.40. The van der Waals surface area contributed by atoms with Gasteiger partial charge in [0.05, 0.1) is 20.1 Å². The van der Waals surface area contributed by atoms with E-state index in [9.17, 15) is 0 Å². The third-order valence-corrected chi connectivity index (χ3v) is 11.2. The molecular weight excluding hydrogens is 517 g/mol. The standard InChI is InChI=1S/C24H16Cl4P.C2H4O2/c25-17-9-1-5-13-21(17)29(22-14-6-2-10-18(22)26,23-15-7-3-11-19(23)27)24-16-8-4-12-20(24)28;1-2(3)4/h1-16H;1H3,(H,3,4)/q+1;/p-1. The van der Waals surface area contributed by atoms with Crippen molar-refractivity contribution in [3.05, 3.63) is 117 Å². The van der Waals surface area contributed by atoms with Gasteiger partial charge >= 0.3 is 0 Å². The fraction of sp³-hybridized carbons (Fsp3) is 0.0385. The van der Waals surface area contributed by atoms with Crippen LogP contribution in [0.5, 0.6) is 0 Å². The lowest BCUT2D eigenvalue weighted by molar-refractivity contribution is -0.302. The minimum Gasteiger partial charge on any atom is -0.550 e. The lowest BCUT2D eigenvalue weighted by Gasteiger charge is -2.30. The predicted molar refractivity (Wildman–Crippen MR) is 142 cm³/mol. The van der Waals surface area contributed by atoms with Crippen LogP contribution in [0.25, 0.3) is 0 Å². The van der Waals surface area contributed by atoms with E-state index in [1.54, 1.807) is 0 Å². The molecule has 0 amide bonds. The van der Waals surface area contributed by atoms with E-state index in [-0.39, 0.29) is 0 Å². The summed E-state index contributed by atoms with van der Waals surface area (Å²) in [5.41, 5.74) is 0. The van der Waals surface area contributed by atoms with Crippen LogP contribution in [0, 0.1) is 0 Å². The molecule has 0 atom stereocenters. The average Bonchev–Trinajstić information content (AvgIpc) is 2.78. The molecule has 33 heavy (non-hydrogen) atoms. The largest absolute Gasteiger partial charge is 0.550 e. The van der Waals surface area contributed by atoms with Gasteiger partial charge in [0.1, 0.15) is 21.2 Å². The average molecular weight is 536 g/mol. The Morgan fingerprint density at radius 1 is 0.545 bits per heavy atom. The topological polar surface area (TPSA) is 40.1 Å². The molecule has 4 rings (SSSR count). The number of carboxylic acid groups (broad SMARTS) is 1. The first-order valence-corrected chi connectivity index (χ1v) is 13.2. The van der Waals surface area contributed by atoms with Crippen LogP contribution in [0.1, 0.15) is 6.92 Å². The molecule has 0 heterocycles. The summed E-state index contributed by atoms with van der Waals surface area (Å²) in [6.45, 7) is 0.972. The number of hydrogen-bond donors (Lipinski definition) is 0. The summed E-state index contributed by atoms with van der Waals surface area (Å²) in [5.74, 6) is -1.08. The smallest absolute Gasteiger partial charge is 0.150 e. The van der Waals surface area contributed by atoms with E-state index in [0.29, 0.717) is 20.1 Å². The van der Waals surface area contributed by atoms with Crippen LogP contribution < -0.4 is 26.3 Å². The van der Waals surface area contributed by atoms with Gasteiger partial charge in [-0.05, 0) is 55.5 Å². The van der Waals surface area contributed by atoms with E-state index in [1.165, 1.54) is 0 Å². The number of benzene rings is 4. The van der Waals surface area contributed by atoms with E-state index in [2.05, 4.69) is 0 Å². The number of hydrogen-bond acceptors (Lipinski definition) is 2. The second-order valence-electron chi connectivity index (χ2n) is 6.97. The normalized spacial score (nSPS) is 10.8. The molecule has 0 aliphatic heterocycles. The number of carboxylic acids is 1. The predicted octanol–water partition coefficient (Wildman–Crippen LogP) is 5.68. The molecular formula is C26H19Cl4O2P. The zero-order chi connectivity index (χ0) is 24.0. The van der Waals surface area contributed by atoms with Gasteiger partial charge in [0.15, 0.2) is 7.26 Å². The summed E-state index contributed by atoms with van der Waals surface area (Å²) in [6.07, 6.45) is 0. The number of carbonyl (C=O) groups excluding carboxylic acids is 1. The Labute approximate surface area is 214 Å². The van der Waals surface area contributed by atoms with Gasteiger partial charge in [-0.2, -0.15) is 0 Å². The van der Waals surface area contributed by atoms with Gasteiger partial charge in [0.2, 0.25) is 0 Å². The molecule has 0 unspecified atom stereocenters. The summed E-state index contributed by atoms with van der Waals surface area (Å²) < 4.78 is 0. The quantitative estimate of drug-likeness (QED) is 0.316. The van der Waals surface area contributed by atoms with Gasteiger partial charge < -0.3 is 9.90 Å². The highest BCUT2D eigenvalue weighted by molar-refractivity contribution is 8.02. The highest BCUT2D eigenvalue weighted by atomic mass is 35.5. The molecule has 0 radical (unpaired) electrons. The highest BCUT2D eigenvalue weighted by Gasteiger charge is 2.52. The molecule has 0 N–H and O–H groups in total. The monoisotopic (exact) mass is 534 g/mol. The third-order valence-electron chi connectivity index (χ3n) is 4.86. The Bertz CT molecular complexity index is 1080. The van der Waals surface area contributed by atoms with Gasteiger partial charge in [0.25, 0.3) is 0 Å². The van der Waals surface area contributed by atoms with Crippen molar-refractivity contribution in [2.45, 2.75) is 6.92 Å². The van der Waals surface area contributed by atoms with Crippen LogP contribution >= 0.6 is 53.7 Å². The maximum atomic E-state index is 8.89. The van der Waals surface area contributed by atoms with Crippen LogP contribution in [-0.4, -0.2) is 5.97 Å². The minimum atomic E-state index is -2.58. The number of aliphatic carboxylic acids is 1. The van der Waals surface area contributed by atoms with Crippen molar-refractivity contribution in [1.29, 1.82) is 0 Å². The van der Waals surface area contributed by atoms with Crippen LogP contribution in [0.3, 0.4) is 0 Å². The van der Waals surface area contributed by atoms with Crippen LogP contribution in [0.4, 0.5) is 0 Å². The first-order chi connectivity index (χ1) is 15.8. The van der Waals surface area contributed by atoms with Gasteiger partial charge in [-0.15, -0.1) is 0 Å². The Balaban J connectivity index is 0.000000709. The van der Waals surface area contributed by atoms with Crippen molar-refractivity contribution in [2.24, 2.45) is 0 Å². The molecule has 0 aliphatic carbocycles. The maximum absolute atomic E-state index is 8.89. The SMILES string of the molecule is CC(=O)[O-].Clc1ccccc1[P+](c1ccccc1Cl)(c1ccccc1Cl)c1ccccc1Cl. The fourth-order valence-corrected chi connectivity index (χ4v) is 10.1. The van der Waals surface area contributed by atoms with Crippen molar-refractivity contribution >= 4 is 80.9 Å². The Morgan fingerprint density at radius 3 is 0.909 bits per heavy atom. The third kappa shape index (κ3) is 5.38. The number of halogens is 4. The highest BCUT2D eigenvalue weighted by Crippen LogP contribution is 2.59. The molecule has 0 saturated carbocycles. The summed E-state index contributed by atoms with van der Waals surface area (Å²) in [6, 6.07) is 31.4. The van der Waals surface area contributed by atoms with Crippen LogP contribution in [-0.2, 0) is 4.79 Å². The Hall–Kier alpha value is -2.06.